The van der Waals surface area contributed by atoms with E-state index in [1.54, 1.807) is 18.3 Å². The average molecular weight is 427 g/mol. The lowest BCUT2D eigenvalue weighted by Gasteiger charge is -2.10. The summed E-state index contributed by atoms with van der Waals surface area (Å²) in [5, 5.41) is 21.6. The predicted octanol–water partition coefficient (Wildman–Crippen LogP) is 4.51. The van der Waals surface area contributed by atoms with E-state index in [1.165, 1.54) is 6.07 Å². The molecule has 0 saturated heterocycles. The second-order valence-electron chi connectivity index (χ2n) is 7.18. The third kappa shape index (κ3) is 5.17. The van der Waals surface area contributed by atoms with Crippen molar-refractivity contribution >= 4 is 23.0 Å². The molecule has 0 aliphatic rings. The van der Waals surface area contributed by atoms with Gasteiger partial charge in [0.15, 0.2) is 0 Å². The summed E-state index contributed by atoms with van der Waals surface area (Å²) in [7, 11) is 0. The molecule has 0 saturated carbocycles. The number of carbonyl (C=O) groups excluding carboxylic acids is 1. The van der Waals surface area contributed by atoms with Crippen LogP contribution in [0.4, 0.5) is 17.1 Å². The van der Waals surface area contributed by atoms with E-state index in [-0.39, 0.29) is 17.2 Å². The number of hydrogen-bond acceptors (Lipinski definition) is 5. The number of benzene rings is 3. The predicted molar refractivity (Wildman–Crippen MR) is 122 cm³/mol. The van der Waals surface area contributed by atoms with Gasteiger partial charge in [-0.15, -0.1) is 0 Å². The first-order valence-corrected chi connectivity index (χ1v) is 10.0. The summed E-state index contributed by atoms with van der Waals surface area (Å²) >= 11 is 0. The van der Waals surface area contributed by atoms with E-state index in [1.807, 2.05) is 71.5 Å². The van der Waals surface area contributed by atoms with Crippen molar-refractivity contribution in [1.29, 1.82) is 0 Å². The van der Waals surface area contributed by atoms with Gasteiger partial charge in [-0.2, -0.15) is 5.10 Å². The number of amides is 1. The Morgan fingerprint density at radius 2 is 1.72 bits per heavy atom. The van der Waals surface area contributed by atoms with Crippen LogP contribution in [0.15, 0.2) is 91.3 Å². The molecule has 0 aliphatic carbocycles. The van der Waals surface area contributed by atoms with Crippen LogP contribution in [0.5, 0.6) is 0 Å². The first-order valence-electron chi connectivity index (χ1n) is 10.0. The molecule has 4 aromatic rings. The first-order chi connectivity index (χ1) is 15.6. The minimum absolute atomic E-state index is 0.163. The molecule has 0 fully saturated rings. The minimum atomic E-state index is -0.500. The Morgan fingerprint density at radius 1 is 0.969 bits per heavy atom. The Kier molecular flexibility index (Phi) is 6.22. The van der Waals surface area contributed by atoms with E-state index in [2.05, 4.69) is 15.7 Å². The summed E-state index contributed by atoms with van der Waals surface area (Å²) in [5.74, 6) is -0.375. The quantitative estimate of drug-likeness (QED) is 0.318. The Morgan fingerprint density at radius 3 is 2.41 bits per heavy atom. The molecule has 160 valence electrons. The van der Waals surface area contributed by atoms with Crippen molar-refractivity contribution in [2.45, 2.75) is 13.1 Å². The normalized spacial score (nSPS) is 10.5. The zero-order valence-electron chi connectivity index (χ0n) is 17.1. The van der Waals surface area contributed by atoms with E-state index in [0.717, 1.165) is 16.8 Å². The lowest BCUT2D eigenvalue weighted by molar-refractivity contribution is -0.383. The van der Waals surface area contributed by atoms with Crippen LogP contribution in [0.25, 0.3) is 0 Å². The number of nitrogens with one attached hydrogen (secondary N) is 2. The summed E-state index contributed by atoms with van der Waals surface area (Å²) in [6, 6.07) is 23.3. The Hall–Kier alpha value is -4.46. The standard InChI is InChI=1S/C24H21N5O3/c30-24(25-16-18-7-9-19(10-8-18)17-28-14-4-13-26-28)20-11-12-22(23(15-20)29(31)32)27-21-5-2-1-3-6-21/h1-15,27H,16-17H2,(H,25,30). The maximum absolute atomic E-state index is 12.6. The third-order valence-corrected chi connectivity index (χ3v) is 4.89. The number of para-hydroxylation sites is 1. The Bertz CT molecular complexity index is 1210. The van der Waals surface area contributed by atoms with Gasteiger partial charge >= 0.3 is 0 Å². The number of rotatable bonds is 8. The molecule has 0 bridgehead atoms. The molecule has 8 heteroatoms. The van der Waals surface area contributed by atoms with Gasteiger partial charge in [-0.3, -0.25) is 19.6 Å². The largest absolute Gasteiger partial charge is 0.350 e. The number of nitrogens with zero attached hydrogens (tertiary/aromatic N) is 3. The van der Waals surface area contributed by atoms with Gasteiger partial charge in [-0.1, -0.05) is 42.5 Å². The van der Waals surface area contributed by atoms with Crippen LogP contribution in [0.3, 0.4) is 0 Å². The highest BCUT2D eigenvalue weighted by atomic mass is 16.6. The summed E-state index contributed by atoms with van der Waals surface area (Å²) in [4.78, 5) is 23.6. The average Bonchev–Trinajstić information content (AvgIpc) is 3.32. The number of aromatic nitrogens is 2. The van der Waals surface area contributed by atoms with Gasteiger partial charge in [0.25, 0.3) is 11.6 Å². The highest BCUT2D eigenvalue weighted by Gasteiger charge is 2.18. The molecular weight excluding hydrogens is 406 g/mol. The maximum Gasteiger partial charge on any atom is 0.293 e. The fourth-order valence-electron chi connectivity index (χ4n) is 3.23. The smallest absolute Gasteiger partial charge is 0.293 e. The molecule has 0 atom stereocenters. The van der Waals surface area contributed by atoms with Crippen LogP contribution >= 0.6 is 0 Å². The molecule has 1 aromatic heterocycles. The van der Waals surface area contributed by atoms with E-state index in [9.17, 15) is 14.9 Å². The van der Waals surface area contributed by atoms with Crippen molar-refractivity contribution in [3.05, 3.63) is 118 Å². The summed E-state index contributed by atoms with van der Waals surface area (Å²) in [5.41, 5.74) is 3.14. The molecule has 3 aromatic carbocycles. The molecule has 1 amide bonds. The monoisotopic (exact) mass is 427 g/mol. The Labute approximate surface area is 184 Å². The van der Waals surface area contributed by atoms with E-state index in [4.69, 9.17) is 0 Å². The van der Waals surface area contributed by atoms with Gasteiger partial charge in [0, 0.05) is 36.3 Å². The van der Waals surface area contributed by atoms with Crippen LogP contribution < -0.4 is 10.6 Å². The zero-order valence-corrected chi connectivity index (χ0v) is 17.1. The highest BCUT2D eigenvalue weighted by molar-refractivity contribution is 5.95. The number of hydrogen-bond donors (Lipinski definition) is 2. The minimum Gasteiger partial charge on any atom is -0.350 e. The SMILES string of the molecule is O=C(NCc1ccc(Cn2cccn2)cc1)c1ccc(Nc2ccccc2)c([N+](=O)[O-])c1. The molecule has 1 heterocycles. The number of nitro benzene ring substituents is 1. The number of nitro groups is 1. The molecular formula is C24H21N5O3. The third-order valence-electron chi connectivity index (χ3n) is 4.89. The van der Waals surface area contributed by atoms with Gasteiger partial charge in [-0.05, 0) is 41.5 Å². The van der Waals surface area contributed by atoms with Gasteiger partial charge in [-0.25, -0.2) is 0 Å². The van der Waals surface area contributed by atoms with Crippen molar-refractivity contribution in [3.63, 3.8) is 0 Å². The molecule has 0 spiro atoms. The van der Waals surface area contributed by atoms with E-state index < -0.39 is 4.92 Å². The molecule has 8 nitrogen and oxygen atoms in total. The van der Waals surface area contributed by atoms with Gasteiger partial charge in [0.2, 0.25) is 0 Å². The lowest BCUT2D eigenvalue weighted by Crippen LogP contribution is -2.23. The molecule has 0 radical (unpaired) electrons. The second kappa shape index (κ2) is 9.57. The second-order valence-corrected chi connectivity index (χ2v) is 7.18. The van der Waals surface area contributed by atoms with Crippen LogP contribution in [0.2, 0.25) is 0 Å². The Balaban J connectivity index is 1.40. The molecule has 4 rings (SSSR count). The van der Waals surface area contributed by atoms with Gasteiger partial charge < -0.3 is 10.6 Å². The van der Waals surface area contributed by atoms with Crippen molar-refractivity contribution < 1.29 is 9.72 Å². The van der Waals surface area contributed by atoms with Crippen molar-refractivity contribution in [2.75, 3.05) is 5.32 Å². The van der Waals surface area contributed by atoms with E-state index >= 15 is 0 Å². The zero-order chi connectivity index (χ0) is 22.3. The molecule has 0 unspecified atom stereocenters. The molecule has 0 aliphatic heterocycles. The lowest BCUT2D eigenvalue weighted by atomic mass is 10.1. The van der Waals surface area contributed by atoms with Crippen LogP contribution in [0, 0.1) is 10.1 Å². The maximum atomic E-state index is 12.6. The number of anilines is 2. The first kappa shape index (κ1) is 20.8. The van der Waals surface area contributed by atoms with Gasteiger partial charge in [0.1, 0.15) is 5.69 Å². The topological polar surface area (TPSA) is 102 Å². The van der Waals surface area contributed by atoms with Crippen LogP contribution in [0.1, 0.15) is 21.5 Å². The highest BCUT2D eigenvalue weighted by Crippen LogP contribution is 2.28. The van der Waals surface area contributed by atoms with Gasteiger partial charge in [0.05, 0.1) is 11.5 Å². The summed E-state index contributed by atoms with van der Waals surface area (Å²) < 4.78 is 1.83. The van der Waals surface area contributed by atoms with Crippen LogP contribution in [-0.4, -0.2) is 20.6 Å². The van der Waals surface area contributed by atoms with Crippen molar-refractivity contribution in [1.82, 2.24) is 15.1 Å². The molecule has 2 N–H and O–H groups in total. The summed E-state index contributed by atoms with van der Waals surface area (Å²) in [6.45, 7) is 0.991. The summed E-state index contributed by atoms with van der Waals surface area (Å²) in [6.07, 6.45) is 3.63. The molecule has 32 heavy (non-hydrogen) atoms. The van der Waals surface area contributed by atoms with Crippen molar-refractivity contribution in [2.24, 2.45) is 0 Å². The van der Waals surface area contributed by atoms with Crippen molar-refractivity contribution in [3.8, 4) is 0 Å². The van der Waals surface area contributed by atoms with E-state index in [0.29, 0.717) is 18.8 Å². The fraction of sp³-hybridized carbons (Fsp3) is 0.0833. The van der Waals surface area contributed by atoms with Crippen LogP contribution in [-0.2, 0) is 13.1 Å². The number of carbonyl (C=O) groups is 1. The fourth-order valence-corrected chi connectivity index (χ4v) is 3.23.